The van der Waals surface area contributed by atoms with E-state index in [1.54, 1.807) is 35.7 Å². The molecular weight excluding hydrogens is 356 g/mol. The Morgan fingerprint density at radius 2 is 1.96 bits per heavy atom. The van der Waals surface area contributed by atoms with Crippen molar-refractivity contribution < 1.29 is 14.8 Å². The van der Waals surface area contributed by atoms with E-state index in [-0.39, 0.29) is 11.3 Å². The van der Waals surface area contributed by atoms with Crippen molar-refractivity contribution >= 4 is 34.3 Å². The van der Waals surface area contributed by atoms with Crippen molar-refractivity contribution in [2.24, 2.45) is 5.10 Å². The molecule has 0 unspecified atom stereocenters. The molecule has 3 aromatic rings. The highest BCUT2D eigenvalue weighted by Gasteiger charge is 2.09. The largest absolute Gasteiger partial charge is 0.478 e. The summed E-state index contributed by atoms with van der Waals surface area (Å²) in [6, 6.07) is 12.6. The summed E-state index contributed by atoms with van der Waals surface area (Å²) in [6.07, 6.45) is 1.41. The van der Waals surface area contributed by atoms with Crippen molar-refractivity contribution in [1.82, 2.24) is 4.98 Å². The van der Waals surface area contributed by atoms with Crippen molar-refractivity contribution in [3.05, 3.63) is 75.2 Å². The number of carboxylic acids is 1. The fourth-order valence-corrected chi connectivity index (χ4v) is 2.84. The lowest BCUT2D eigenvalue weighted by Crippen LogP contribution is -2.02. The van der Waals surface area contributed by atoms with Crippen LogP contribution in [0.25, 0.3) is 11.3 Å². The van der Waals surface area contributed by atoms with Crippen LogP contribution in [-0.4, -0.2) is 27.2 Å². The molecule has 130 valence electrons. The summed E-state index contributed by atoms with van der Waals surface area (Å²) < 4.78 is 0. The first kappa shape index (κ1) is 17.2. The van der Waals surface area contributed by atoms with Gasteiger partial charge >= 0.3 is 5.97 Å². The minimum atomic E-state index is -1.03. The van der Waals surface area contributed by atoms with E-state index < -0.39 is 10.9 Å². The predicted octanol–water partition coefficient (Wildman–Crippen LogP) is 3.86. The van der Waals surface area contributed by atoms with E-state index in [0.29, 0.717) is 16.4 Å². The lowest BCUT2D eigenvalue weighted by molar-refractivity contribution is -0.384. The van der Waals surface area contributed by atoms with E-state index in [9.17, 15) is 14.9 Å². The molecule has 2 aromatic carbocycles. The maximum absolute atomic E-state index is 11.1. The fraction of sp³-hybridized carbons (Fsp3) is 0. The van der Waals surface area contributed by atoms with Crippen LogP contribution in [0.5, 0.6) is 0 Å². The molecule has 0 fully saturated rings. The second-order valence-corrected chi connectivity index (χ2v) is 5.96. The van der Waals surface area contributed by atoms with Gasteiger partial charge in [-0.25, -0.2) is 9.78 Å². The molecule has 1 heterocycles. The molecular formula is C17H12N4O4S. The molecule has 8 nitrogen and oxygen atoms in total. The maximum atomic E-state index is 11.1. The number of anilines is 1. The van der Waals surface area contributed by atoms with Gasteiger partial charge in [0.25, 0.3) is 5.69 Å². The van der Waals surface area contributed by atoms with Gasteiger partial charge < -0.3 is 5.11 Å². The molecule has 0 atom stereocenters. The van der Waals surface area contributed by atoms with E-state index in [1.165, 1.54) is 35.8 Å². The van der Waals surface area contributed by atoms with Gasteiger partial charge in [0.05, 0.1) is 22.4 Å². The molecule has 9 heteroatoms. The number of nitrogens with one attached hydrogen (secondary N) is 1. The fourth-order valence-electron chi connectivity index (χ4n) is 2.17. The van der Waals surface area contributed by atoms with Crippen molar-refractivity contribution in [3.63, 3.8) is 0 Å². The molecule has 1 aromatic heterocycles. The van der Waals surface area contributed by atoms with Crippen LogP contribution in [0.4, 0.5) is 10.8 Å². The Kier molecular flexibility index (Phi) is 4.99. The second-order valence-electron chi connectivity index (χ2n) is 5.10. The average Bonchev–Trinajstić information content (AvgIpc) is 3.11. The molecule has 0 spiro atoms. The zero-order chi connectivity index (χ0) is 18.5. The summed E-state index contributed by atoms with van der Waals surface area (Å²) >= 11 is 1.31. The molecule has 26 heavy (non-hydrogen) atoms. The number of non-ortho nitro benzene ring substituents is 1. The first-order valence-electron chi connectivity index (χ1n) is 7.36. The highest BCUT2D eigenvalue weighted by atomic mass is 32.1. The molecule has 0 amide bonds. The van der Waals surface area contributed by atoms with E-state index in [4.69, 9.17) is 5.11 Å². The topological polar surface area (TPSA) is 118 Å². The minimum Gasteiger partial charge on any atom is -0.478 e. The third-order valence-corrected chi connectivity index (χ3v) is 4.18. The van der Waals surface area contributed by atoms with Crippen LogP contribution in [0, 0.1) is 10.1 Å². The van der Waals surface area contributed by atoms with Gasteiger partial charge in [-0.1, -0.05) is 18.2 Å². The summed E-state index contributed by atoms with van der Waals surface area (Å²) in [7, 11) is 0. The van der Waals surface area contributed by atoms with Gasteiger partial charge in [0.2, 0.25) is 5.13 Å². The van der Waals surface area contributed by atoms with E-state index >= 15 is 0 Å². The number of aromatic nitrogens is 1. The van der Waals surface area contributed by atoms with Crippen LogP contribution in [0.1, 0.15) is 15.9 Å². The number of aromatic carboxylic acids is 1. The summed E-state index contributed by atoms with van der Waals surface area (Å²) in [5.74, 6) is -1.03. The Labute approximate surface area is 151 Å². The van der Waals surface area contributed by atoms with Gasteiger partial charge in [-0.15, -0.1) is 11.3 Å². The minimum absolute atomic E-state index is 0.0176. The van der Waals surface area contributed by atoms with Gasteiger partial charge in [0, 0.05) is 28.6 Å². The summed E-state index contributed by atoms with van der Waals surface area (Å²) in [5, 5.41) is 26.1. The van der Waals surface area contributed by atoms with Crippen molar-refractivity contribution in [3.8, 4) is 11.3 Å². The van der Waals surface area contributed by atoms with Gasteiger partial charge in [-0.3, -0.25) is 15.5 Å². The van der Waals surface area contributed by atoms with E-state index in [2.05, 4.69) is 15.5 Å². The van der Waals surface area contributed by atoms with Crippen molar-refractivity contribution in [1.29, 1.82) is 0 Å². The molecule has 0 bridgehead atoms. The zero-order valence-corrected chi connectivity index (χ0v) is 14.0. The third-order valence-electron chi connectivity index (χ3n) is 3.43. The van der Waals surface area contributed by atoms with Crippen LogP contribution < -0.4 is 5.43 Å². The Morgan fingerprint density at radius 3 is 2.65 bits per heavy atom. The highest BCUT2D eigenvalue weighted by Crippen LogP contribution is 2.26. The predicted molar refractivity (Wildman–Crippen MR) is 98.8 cm³/mol. The first-order chi connectivity index (χ1) is 12.5. The third kappa shape index (κ3) is 3.90. The summed E-state index contributed by atoms with van der Waals surface area (Å²) in [5.41, 5.74) is 4.81. The van der Waals surface area contributed by atoms with Gasteiger partial charge in [0.1, 0.15) is 0 Å². The van der Waals surface area contributed by atoms with Crippen molar-refractivity contribution in [2.75, 3.05) is 5.43 Å². The van der Waals surface area contributed by atoms with Crippen molar-refractivity contribution in [2.45, 2.75) is 0 Å². The monoisotopic (exact) mass is 368 g/mol. The number of hydrogen-bond acceptors (Lipinski definition) is 7. The van der Waals surface area contributed by atoms with Gasteiger partial charge in [0.15, 0.2) is 0 Å². The molecule has 0 aliphatic rings. The second kappa shape index (κ2) is 7.53. The number of carboxylic acid groups (broad SMARTS) is 1. The molecule has 0 radical (unpaired) electrons. The number of nitro groups is 1. The quantitative estimate of drug-likeness (QED) is 0.387. The SMILES string of the molecule is O=C(O)c1ccccc1/C=N/Nc1nc(-c2ccc([N+](=O)[O-])cc2)cs1. The van der Waals surface area contributed by atoms with E-state index in [0.717, 1.165) is 5.56 Å². The smallest absolute Gasteiger partial charge is 0.336 e. The number of hydrogen-bond donors (Lipinski definition) is 2. The molecule has 0 aliphatic heterocycles. The van der Waals surface area contributed by atoms with Crippen LogP contribution in [0.3, 0.4) is 0 Å². The molecule has 0 saturated heterocycles. The molecule has 3 rings (SSSR count). The number of carbonyl (C=O) groups is 1. The lowest BCUT2D eigenvalue weighted by Gasteiger charge is -1.99. The number of nitrogens with zero attached hydrogens (tertiary/aromatic N) is 3. The Balaban J connectivity index is 1.71. The van der Waals surface area contributed by atoms with Gasteiger partial charge in [-0.2, -0.15) is 5.10 Å². The first-order valence-corrected chi connectivity index (χ1v) is 8.24. The number of rotatable bonds is 6. The molecule has 2 N–H and O–H groups in total. The van der Waals surface area contributed by atoms with Crippen LogP contribution in [-0.2, 0) is 0 Å². The Morgan fingerprint density at radius 1 is 1.23 bits per heavy atom. The maximum Gasteiger partial charge on any atom is 0.336 e. The zero-order valence-electron chi connectivity index (χ0n) is 13.2. The number of hydrazone groups is 1. The standard InChI is InChI=1S/C17H12N4O4S/c22-16(23)14-4-2-1-3-12(14)9-18-20-17-19-15(10-26-17)11-5-7-13(8-6-11)21(24)25/h1-10H,(H,19,20)(H,22,23)/b18-9+. The van der Waals surface area contributed by atoms with Gasteiger partial charge in [-0.05, 0) is 18.2 Å². The molecule has 0 aliphatic carbocycles. The number of thiazole rings is 1. The summed E-state index contributed by atoms with van der Waals surface area (Å²) in [6.45, 7) is 0. The Bertz CT molecular complexity index is 982. The molecule has 0 saturated carbocycles. The van der Waals surface area contributed by atoms with Crippen LogP contribution in [0.2, 0.25) is 0 Å². The summed E-state index contributed by atoms with van der Waals surface area (Å²) in [4.78, 5) is 25.7. The number of nitro benzene ring substituents is 1. The van der Waals surface area contributed by atoms with E-state index in [1.807, 2.05) is 0 Å². The highest BCUT2D eigenvalue weighted by molar-refractivity contribution is 7.14. The normalized spacial score (nSPS) is 10.8. The Hall–Kier alpha value is -3.59. The lowest BCUT2D eigenvalue weighted by atomic mass is 10.1. The van der Waals surface area contributed by atoms with Crippen LogP contribution >= 0.6 is 11.3 Å². The average molecular weight is 368 g/mol. The van der Waals surface area contributed by atoms with Crippen LogP contribution in [0.15, 0.2) is 59.0 Å². The number of benzene rings is 2.